The lowest BCUT2D eigenvalue weighted by Crippen LogP contribution is -2.66. The smallest absolute Gasteiger partial charge is 0.315 e. The number of amides is 5. The number of ketones is 1. The number of nitrogens with one attached hydrogen (secondary N) is 3. The molecule has 0 bridgehead atoms. The molecule has 244 valence electrons. The Morgan fingerprint density at radius 1 is 1.02 bits per heavy atom. The fourth-order valence-electron chi connectivity index (χ4n) is 6.50. The molecule has 4 atom stereocenters. The predicted molar refractivity (Wildman–Crippen MR) is 170 cm³/mol. The van der Waals surface area contributed by atoms with Crippen molar-refractivity contribution in [1.82, 2.24) is 20.9 Å². The molecule has 5 amide bonds. The summed E-state index contributed by atoms with van der Waals surface area (Å²) in [6.07, 6.45) is 10.7. The van der Waals surface area contributed by atoms with E-state index in [0.717, 1.165) is 57.1 Å². The largest absolute Gasteiger partial charge is 0.363 e. The zero-order chi connectivity index (χ0) is 32.2. The maximum Gasteiger partial charge on any atom is 0.315 e. The summed E-state index contributed by atoms with van der Waals surface area (Å²) in [5.74, 6) is -1.39. The van der Waals surface area contributed by atoms with Crippen LogP contribution in [0.5, 0.6) is 0 Å². The Balaban J connectivity index is 1.84. The van der Waals surface area contributed by atoms with E-state index in [4.69, 9.17) is 5.73 Å². The number of rotatable bonds is 12. The minimum Gasteiger partial charge on any atom is -0.363 e. The molecule has 3 aliphatic rings. The molecule has 3 fully saturated rings. The summed E-state index contributed by atoms with van der Waals surface area (Å²) in [6.45, 7) is 12.2. The van der Waals surface area contributed by atoms with E-state index < -0.39 is 41.1 Å². The van der Waals surface area contributed by atoms with Crippen molar-refractivity contribution in [3.8, 4) is 0 Å². The fraction of sp³-hybridized carbons (Fsp3) is 0.844. The van der Waals surface area contributed by atoms with Gasteiger partial charge >= 0.3 is 6.03 Å². The normalized spacial score (nSPS) is 24.8. The van der Waals surface area contributed by atoms with Gasteiger partial charge in [0, 0.05) is 12.1 Å². The van der Waals surface area contributed by atoms with Crippen LogP contribution >= 0.6 is 11.8 Å². The maximum absolute atomic E-state index is 14.4. The van der Waals surface area contributed by atoms with Gasteiger partial charge in [0.25, 0.3) is 5.91 Å². The molecular weight excluding hydrogens is 566 g/mol. The van der Waals surface area contributed by atoms with E-state index in [2.05, 4.69) is 43.0 Å². The van der Waals surface area contributed by atoms with Crippen LogP contribution in [0, 0.1) is 22.7 Å². The Kier molecular flexibility index (Phi) is 11.6. The summed E-state index contributed by atoms with van der Waals surface area (Å²) in [4.78, 5) is 67.7. The molecule has 0 aromatic rings. The molecule has 2 saturated carbocycles. The highest BCUT2D eigenvalue weighted by atomic mass is 32.2. The van der Waals surface area contributed by atoms with Crippen LogP contribution in [0.1, 0.15) is 106 Å². The third-order valence-electron chi connectivity index (χ3n) is 9.99. The van der Waals surface area contributed by atoms with Gasteiger partial charge in [0.2, 0.25) is 17.6 Å². The van der Waals surface area contributed by atoms with Crippen molar-refractivity contribution in [3.63, 3.8) is 0 Å². The van der Waals surface area contributed by atoms with E-state index in [1.807, 2.05) is 20.8 Å². The van der Waals surface area contributed by atoms with Gasteiger partial charge in [-0.2, -0.15) is 11.8 Å². The van der Waals surface area contributed by atoms with Gasteiger partial charge in [-0.3, -0.25) is 19.2 Å². The second kappa shape index (κ2) is 14.2. The fourth-order valence-corrected chi connectivity index (χ4v) is 7.10. The molecule has 5 N–H and O–H groups in total. The molecule has 2 unspecified atom stereocenters. The number of nitrogens with zero attached hydrogens (tertiary/aromatic N) is 1. The first-order valence-corrected chi connectivity index (χ1v) is 17.4. The summed E-state index contributed by atoms with van der Waals surface area (Å²) in [5, 5.41) is 9.06. The molecule has 1 heterocycles. The molecule has 2 aliphatic carbocycles. The number of urea groups is 1. The molecule has 43 heavy (non-hydrogen) atoms. The first kappa shape index (κ1) is 35.2. The summed E-state index contributed by atoms with van der Waals surface area (Å²) < 4.78 is 0. The third kappa shape index (κ3) is 9.35. The van der Waals surface area contributed by atoms with Crippen molar-refractivity contribution in [2.45, 2.75) is 129 Å². The van der Waals surface area contributed by atoms with Gasteiger partial charge in [0.15, 0.2) is 0 Å². The van der Waals surface area contributed by atoms with Crippen LogP contribution in [0.25, 0.3) is 0 Å². The molecule has 0 radical (unpaired) electrons. The Bertz CT molecular complexity index is 1050. The SMILES string of the molecule is CSCCC1(NC(=O)N[C@H](C(=O)N2CC(C)C(C)(C)C[C@H]2C(=O)NC(CC2CC2)C(=O)C(N)=O)C(C)(C)C)CCCCC1. The number of carbonyl (C=O) groups is 5. The Morgan fingerprint density at radius 3 is 2.19 bits per heavy atom. The maximum atomic E-state index is 14.4. The van der Waals surface area contributed by atoms with Gasteiger partial charge in [0.05, 0.1) is 6.04 Å². The lowest BCUT2D eigenvalue weighted by molar-refractivity contribution is -0.151. The number of likely N-dealkylation sites (tertiary alicyclic amines) is 1. The average molecular weight is 622 g/mol. The predicted octanol–water partition coefficient (Wildman–Crippen LogP) is 3.76. The number of piperidine rings is 1. The van der Waals surface area contributed by atoms with Crippen molar-refractivity contribution in [2.75, 3.05) is 18.6 Å². The van der Waals surface area contributed by atoms with Gasteiger partial charge in [-0.05, 0) is 66.8 Å². The Labute approximate surface area is 262 Å². The molecule has 0 aromatic heterocycles. The van der Waals surface area contributed by atoms with Crippen molar-refractivity contribution in [1.29, 1.82) is 0 Å². The molecule has 10 nitrogen and oxygen atoms in total. The highest BCUT2D eigenvalue weighted by molar-refractivity contribution is 7.98. The van der Waals surface area contributed by atoms with Crippen molar-refractivity contribution >= 4 is 41.3 Å². The molecule has 1 aliphatic heterocycles. The second-order valence-corrected chi connectivity index (χ2v) is 16.0. The number of thioether (sulfide) groups is 1. The van der Waals surface area contributed by atoms with Crippen LogP contribution in [0.3, 0.4) is 0 Å². The monoisotopic (exact) mass is 621 g/mol. The lowest BCUT2D eigenvalue weighted by atomic mass is 9.71. The van der Waals surface area contributed by atoms with Crippen LogP contribution in [0.2, 0.25) is 0 Å². The van der Waals surface area contributed by atoms with Crippen molar-refractivity contribution in [3.05, 3.63) is 0 Å². The number of hydrogen-bond acceptors (Lipinski definition) is 6. The van der Waals surface area contributed by atoms with E-state index in [-0.39, 0.29) is 34.7 Å². The molecule has 0 spiro atoms. The summed E-state index contributed by atoms with van der Waals surface area (Å²) in [5.41, 5.74) is 4.13. The molecule has 11 heteroatoms. The van der Waals surface area contributed by atoms with E-state index in [9.17, 15) is 24.0 Å². The van der Waals surface area contributed by atoms with E-state index in [1.54, 1.807) is 16.7 Å². The van der Waals surface area contributed by atoms with E-state index in [1.165, 1.54) is 0 Å². The van der Waals surface area contributed by atoms with Crippen LogP contribution in [-0.2, 0) is 19.2 Å². The average Bonchev–Trinajstić information content (AvgIpc) is 3.74. The second-order valence-electron chi connectivity index (χ2n) is 15.1. The van der Waals surface area contributed by atoms with Crippen molar-refractivity contribution < 1.29 is 24.0 Å². The van der Waals surface area contributed by atoms with Gasteiger partial charge in [-0.25, -0.2) is 4.79 Å². The van der Waals surface area contributed by atoms with Crippen molar-refractivity contribution in [2.24, 2.45) is 28.4 Å². The standard InChI is InChI=1S/C32H55N5O5S/c1-20-19-37(23(18-31(20,5)6)27(40)34-22(17-21-11-12-21)24(38)26(33)39)28(41)25(30(2,3)4)35-29(42)36-32(15-16-43-7)13-9-8-10-14-32/h20-23,25H,8-19H2,1-7H3,(H2,33,39)(H,34,40)(H2,35,36,42)/t20?,22?,23-,25+/m0/s1. The third-order valence-corrected chi connectivity index (χ3v) is 10.6. The van der Waals surface area contributed by atoms with Crippen LogP contribution in [-0.4, -0.2) is 76.7 Å². The Hall–Kier alpha value is -2.30. The minimum absolute atomic E-state index is 0.0847. The van der Waals surface area contributed by atoms with Crippen LogP contribution < -0.4 is 21.7 Å². The molecular formula is C32H55N5O5S. The summed E-state index contributed by atoms with van der Waals surface area (Å²) in [7, 11) is 0. The summed E-state index contributed by atoms with van der Waals surface area (Å²) >= 11 is 1.76. The first-order chi connectivity index (χ1) is 20.0. The molecule has 3 rings (SSSR count). The molecule has 1 saturated heterocycles. The molecule has 0 aromatic carbocycles. The quantitative estimate of drug-likeness (QED) is 0.244. The minimum atomic E-state index is -1.08. The number of nitrogens with two attached hydrogens (primary N) is 1. The van der Waals surface area contributed by atoms with Crippen LogP contribution in [0.4, 0.5) is 4.79 Å². The lowest BCUT2D eigenvalue weighted by Gasteiger charge is -2.49. The number of Topliss-reactive ketones (excluding diaryl/α,β-unsaturated/α-hetero) is 1. The first-order valence-electron chi connectivity index (χ1n) is 16.0. The number of primary amides is 1. The highest BCUT2D eigenvalue weighted by Gasteiger charge is 2.48. The topological polar surface area (TPSA) is 151 Å². The zero-order valence-corrected chi connectivity index (χ0v) is 28.2. The van der Waals surface area contributed by atoms with E-state index in [0.29, 0.717) is 19.4 Å². The highest BCUT2D eigenvalue weighted by Crippen LogP contribution is 2.40. The number of carbonyl (C=O) groups excluding carboxylic acids is 5. The Morgan fingerprint density at radius 2 is 1.65 bits per heavy atom. The van der Waals surface area contributed by atoms with Gasteiger partial charge in [0.1, 0.15) is 12.1 Å². The number of hydrogen-bond donors (Lipinski definition) is 4. The van der Waals surface area contributed by atoms with Gasteiger partial charge < -0.3 is 26.6 Å². The zero-order valence-electron chi connectivity index (χ0n) is 27.3. The van der Waals surface area contributed by atoms with Gasteiger partial charge in [-0.15, -0.1) is 0 Å². The van der Waals surface area contributed by atoms with Crippen LogP contribution in [0.15, 0.2) is 0 Å². The van der Waals surface area contributed by atoms with E-state index >= 15 is 0 Å². The summed E-state index contributed by atoms with van der Waals surface area (Å²) in [6, 6.07) is -3.11. The van der Waals surface area contributed by atoms with Gasteiger partial charge in [-0.1, -0.05) is 73.6 Å².